The minimum absolute atomic E-state index is 0.639. The first kappa shape index (κ1) is 19.6. The third-order valence-electron chi connectivity index (χ3n) is 5.11. The van der Waals surface area contributed by atoms with Gasteiger partial charge in [0.2, 0.25) is 0 Å². The Morgan fingerprint density at radius 1 is 0.967 bits per heavy atom. The molecule has 6 heteroatoms. The summed E-state index contributed by atoms with van der Waals surface area (Å²) >= 11 is 0. The van der Waals surface area contributed by atoms with Gasteiger partial charge >= 0.3 is 0 Å². The first-order chi connectivity index (χ1) is 14.8. The summed E-state index contributed by atoms with van der Waals surface area (Å²) in [4.78, 5) is 13.5. The average molecular weight is 396 g/mol. The molecule has 6 nitrogen and oxygen atoms in total. The Morgan fingerprint density at radius 3 is 2.47 bits per heavy atom. The second kappa shape index (κ2) is 9.68. The number of nitriles is 1. The van der Waals surface area contributed by atoms with Crippen LogP contribution in [-0.4, -0.2) is 47.6 Å². The number of anilines is 3. The van der Waals surface area contributed by atoms with E-state index in [1.54, 1.807) is 18.5 Å². The minimum Gasteiger partial charge on any atom is -0.354 e. The monoisotopic (exact) mass is 396 g/mol. The number of aromatic nitrogens is 2. The van der Waals surface area contributed by atoms with Gasteiger partial charge in [-0.2, -0.15) is 5.26 Å². The summed E-state index contributed by atoms with van der Waals surface area (Å²) in [5.41, 5.74) is 2.77. The van der Waals surface area contributed by atoms with Crippen LogP contribution >= 0.6 is 0 Å². The molecule has 0 bridgehead atoms. The van der Waals surface area contributed by atoms with E-state index in [1.165, 1.54) is 5.56 Å². The van der Waals surface area contributed by atoms with Crippen molar-refractivity contribution in [2.45, 2.75) is 0 Å². The number of piperazine rings is 1. The third kappa shape index (κ3) is 5.22. The molecule has 2 aromatic carbocycles. The summed E-state index contributed by atoms with van der Waals surface area (Å²) in [5, 5.41) is 12.2. The lowest BCUT2D eigenvalue weighted by molar-refractivity contribution is 0.283. The topological polar surface area (TPSA) is 68.1 Å². The summed E-state index contributed by atoms with van der Waals surface area (Å²) in [5.74, 6) is 1.68. The van der Waals surface area contributed by atoms with Gasteiger partial charge in [-0.25, -0.2) is 9.97 Å². The van der Waals surface area contributed by atoms with Crippen molar-refractivity contribution in [1.82, 2.24) is 14.9 Å². The van der Waals surface area contributed by atoms with Crippen LogP contribution < -0.4 is 10.2 Å². The van der Waals surface area contributed by atoms with Crippen LogP contribution in [0.25, 0.3) is 6.08 Å². The van der Waals surface area contributed by atoms with Crippen LogP contribution in [0, 0.1) is 11.3 Å². The summed E-state index contributed by atoms with van der Waals surface area (Å²) in [6, 6.07) is 21.8. The van der Waals surface area contributed by atoms with E-state index >= 15 is 0 Å². The molecule has 0 unspecified atom stereocenters. The van der Waals surface area contributed by atoms with E-state index < -0.39 is 0 Å². The fourth-order valence-corrected chi connectivity index (χ4v) is 3.43. The predicted molar refractivity (Wildman–Crippen MR) is 121 cm³/mol. The molecule has 0 atom stereocenters. The van der Waals surface area contributed by atoms with Crippen LogP contribution in [0.5, 0.6) is 0 Å². The molecular weight excluding hydrogens is 372 g/mol. The molecule has 1 aliphatic rings. The highest BCUT2D eigenvalue weighted by molar-refractivity contribution is 5.60. The molecule has 0 spiro atoms. The van der Waals surface area contributed by atoms with Gasteiger partial charge in [0.05, 0.1) is 11.6 Å². The van der Waals surface area contributed by atoms with Gasteiger partial charge in [-0.3, -0.25) is 4.90 Å². The number of nitrogens with zero attached hydrogens (tertiary/aromatic N) is 5. The van der Waals surface area contributed by atoms with E-state index in [0.29, 0.717) is 5.56 Å². The second-order valence-electron chi connectivity index (χ2n) is 7.18. The maximum atomic E-state index is 8.91. The highest BCUT2D eigenvalue weighted by Gasteiger charge is 2.17. The Morgan fingerprint density at radius 2 is 1.73 bits per heavy atom. The van der Waals surface area contributed by atoms with Crippen molar-refractivity contribution >= 4 is 23.4 Å². The highest BCUT2D eigenvalue weighted by Crippen LogP contribution is 2.20. The van der Waals surface area contributed by atoms with E-state index in [0.717, 1.165) is 50.0 Å². The largest absolute Gasteiger partial charge is 0.354 e. The second-order valence-corrected chi connectivity index (χ2v) is 7.18. The van der Waals surface area contributed by atoms with Gasteiger partial charge in [-0.15, -0.1) is 0 Å². The van der Waals surface area contributed by atoms with Crippen LogP contribution in [0.4, 0.5) is 17.3 Å². The number of hydrogen-bond donors (Lipinski definition) is 1. The number of nitrogens with one attached hydrogen (secondary N) is 1. The molecular formula is C24H24N6. The van der Waals surface area contributed by atoms with E-state index in [9.17, 15) is 0 Å². The quantitative estimate of drug-likeness (QED) is 0.681. The minimum atomic E-state index is 0.639. The van der Waals surface area contributed by atoms with Gasteiger partial charge in [0.1, 0.15) is 18.0 Å². The maximum Gasteiger partial charge on any atom is 0.135 e. The molecule has 0 aliphatic carbocycles. The first-order valence-electron chi connectivity index (χ1n) is 10.1. The lowest BCUT2D eigenvalue weighted by Gasteiger charge is -2.34. The number of rotatable bonds is 6. The molecule has 1 aromatic heterocycles. The van der Waals surface area contributed by atoms with Crippen LogP contribution in [0.15, 0.2) is 73.1 Å². The summed E-state index contributed by atoms with van der Waals surface area (Å²) in [7, 11) is 0. The summed E-state index contributed by atoms with van der Waals surface area (Å²) in [6.45, 7) is 4.83. The van der Waals surface area contributed by atoms with Gasteiger partial charge < -0.3 is 10.2 Å². The molecule has 0 saturated carbocycles. The van der Waals surface area contributed by atoms with E-state index in [-0.39, 0.29) is 0 Å². The standard InChI is InChI=1S/C24H24N6/c25-18-21-8-10-22(11-9-21)28-23-17-24(27-19-26-23)30-15-13-29(14-16-30)12-4-7-20-5-2-1-3-6-20/h1-11,17,19H,12-16H2,(H,26,27,28)/b7-4+. The van der Waals surface area contributed by atoms with Crippen molar-refractivity contribution in [3.05, 3.63) is 84.2 Å². The Hall–Kier alpha value is -3.69. The normalized spacial score (nSPS) is 14.6. The predicted octanol–water partition coefficient (Wildman–Crippen LogP) is 3.93. The van der Waals surface area contributed by atoms with Crippen LogP contribution in [0.2, 0.25) is 0 Å². The zero-order valence-corrected chi connectivity index (χ0v) is 16.8. The summed E-state index contributed by atoms with van der Waals surface area (Å²) < 4.78 is 0. The molecule has 2 heterocycles. The molecule has 1 N–H and O–H groups in total. The summed E-state index contributed by atoms with van der Waals surface area (Å²) in [6.07, 6.45) is 6.00. The van der Waals surface area contributed by atoms with E-state index in [1.807, 2.05) is 24.3 Å². The zero-order chi connectivity index (χ0) is 20.6. The number of benzene rings is 2. The lowest BCUT2D eigenvalue weighted by atomic mass is 10.2. The fourth-order valence-electron chi connectivity index (χ4n) is 3.43. The number of hydrogen-bond acceptors (Lipinski definition) is 6. The van der Waals surface area contributed by atoms with E-state index in [2.05, 4.69) is 67.6 Å². The van der Waals surface area contributed by atoms with Crippen molar-refractivity contribution in [2.75, 3.05) is 42.9 Å². The molecule has 4 rings (SSSR count). The molecule has 3 aromatic rings. The SMILES string of the molecule is N#Cc1ccc(Nc2cc(N3CCN(C/C=C/c4ccccc4)CC3)ncn2)cc1. The zero-order valence-electron chi connectivity index (χ0n) is 16.8. The van der Waals surface area contributed by atoms with Crippen molar-refractivity contribution in [3.63, 3.8) is 0 Å². The molecule has 1 saturated heterocycles. The smallest absolute Gasteiger partial charge is 0.135 e. The molecule has 1 fully saturated rings. The van der Waals surface area contributed by atoms with Gasteiger partial charge in [-0.05, 0) is 29.8 Å². The highest BCUT2D eigenvalue weighted by atomic mass is 15.3. The molecule has 150 valence electrons. The van der Waals surface area contributed by atoms with Gasteiger partial charge in [0.25, 0.3) is 0 Å². The van der Waals surface area contributed by atoms with Crippen molar-refractivity contribution < 1.29 is 0 Å². The molecule has 1 aliphatic heterocycles. The molecule has 0 amide bonds. The third-order valence-corrected chi connectivity index (χ3v) is 5.11. The molecule has 0 radical (unpaired) electrons. The van der Waals surface area contributed by atoms with Crippen LogP contribution in [0.1, 0.15) is 11.1 Å². The molecule has 30 heavy (non-hydrogen) atoms. The van der Waals surface area contributed by atoms with E-state index in [4.69, 9.17) is 5.26 Å². The Balaban J connectivity index is 1.30. The Labute approximate surface area is 177 Å². The first-order valence-corrected chi connectivity index (χ1v) is 10.1. The van der Waals surface area contributed by atoms with Crippen molar-refractivity contribution in [1.29, 1.82) is 5.26 Å². The average Bonchev–Trinajstić information content (AvgIpc) is 2.81. The lowest BCUT2D eigenvalue weighted by Crippen LogP contribution is -2.46. The Kier molecular flexibility index (Phi) is 6.33. The van der Waals surface area contributed by atoms with Crippen LogP contribution in [0.3, 0.4) is 0 Å². The van der Waals surface area contributed by atoms with Gasteiger partial charge in [0, 0.05) is 44.5 Å². The maximum absolute atomic E-state index is 8.91. The van der Waals surface area contributed by atoms with Gasteiger partial charge in [-0.1, -0.05) is 42.5 Å². The fraction of sp³-hybridized carbons (Fsp3) is 0.208. The van der Waals surface area contributed by atoms with Crippen LogP contribution in [-0.2, 0) is 0 Å². The Bertz CT molecular complexity index is 1020. The van der Waals surface area contributed by atoms with Gasteiger partial charge in [0.15, 0.2) is 0 Å². The van der Waals surface area contributed by atoms with Crippen molar-refractivity contribution in [2.24, 2.45) is 0 Å². The van der Waals surface area contributed by atoms with Crippen molar-refractivity contribution in [3.8, 4) is 6.07 Å².